The van der Waals surface area contributed by atoms with Gasteiger partial charge in [-0.15, -0.1) is 0 Å². The SMILES string of the molecule is CCC1=CN=C1Oc1ccc(F)c(N(C)c2cc(O)cc(-c3cccc(F)c3)c2F)c1F. The Balaban J connectivity index is 1.76. The molecule has 1 heterocycles. The van der Waals surface area contributed by atoms with E-state index in [9.17, 15) is 13.9 Å². The van der Waals surface area contributed by atoms with E-state index in [1.54, 1.807) is 6.20 Å². The van der Waals surface area contributed by atoms with Crippen LogP contribution in [0.15, 0.2) is 65.3 Å². The summed E-state index contributed by atoms with van der Waals surface area (Å²) in [5.41, 5.74) is -0.0788. The minimum atomic E-state index is -1.06. The second kappa shape index (κ2) is 8.37. The maximum atomic E-state index is 15.4. The quantitative estimate of drug-likeness (QED) is 0.461. The maximum absolute atomic E-state index is 15.4. The molecule has 4 rings (SSSR count). The molecule has 0 fully saturated rings. The van der Waals surface area contributed by atoms with Gasteiger partial charge in [-0.1, -0.05) is 19.1 Å². The zero-order chi connectivity index (χ0) is 23.0. The highest BCUT2D eigenvalue weighted by molar-refractivity contribution is 5.99. The number of phenols is 1. The summed E-state index contributed by atoms with van der Waals surface area (Å²) in [4.78, 5) is 4.85. The molecule has 0 saturated heterocycles. The Labute approximate surface area is 181 Å². The minimum Gasteiger partial charge on any atom is -0.508 e. The average molecular weight is 442 g/mol. The third kappa shape index (κ3) is 3.79. The molecule has 1 aliphatic heterocycles. The smallest absolute Gasteiger partial charge is 0.224 e. The zero-order valence-corrected chi connectivity index (χ0v) is 17.2. The van der Waals surface area contributed by atoms with Crippen molar-refractivity contribution in [3.05, 3.63) is 83.6 Å². The van der Waals surface area contributed by atoms with Gasteiger partial charge in [0.05, 0.1) is 5.69 Å². The molecule has 1 N–H and O–H groups in total. The van der Waals surface area contributed by atoms with Crippen molar-refractivity contribution in [3.8, 4) is 22.6 Å². The number of nitrogens with zero attached hydrogens (tertiary/aromatic N) is 2. The molecule has 0 atom stereocenters. The number of anilines is 2. The van der Waals surface area contributed by atoms with Crippen LogP contribution >= 0.6 is 0 Å². The molecular formula is C24H18F4N2O2. The zero-order valence-electron chi connectivity index (χ0n) is 17.2. The van der Waals surface area contributed by atoms with Gasteiger partial charge in [0.2, 0.25) is 5.90 Å². The second-order valence-corrected chi connectivity index (χ2v) is 7.15. The van der Waals surface area contributed by atoms with E-state index < -0.39 is 29.0 Å². The van der Waals surface area contributed by atoms with Crippen molar-refractivity contribution >= 4 is 17.3 Å². The third-order valence-electron chi connectivity index (χ3n) is 5.10. The van der Waals surface area contributed by atoms with Gasteiger partial charge in [-0.2, -0.15) is 0 Å². The molecule has 0 spiro atoms. The fraction of sp³-hybridized carbons (Fsp3) is 0.125. The summed E-state index contributed by atoms with van der Waals surface area (Å²) in [6.45, 7) is 1.88. The van der Waals surface area contributed by atoms with Crippen molar-refractivity contribution in [2.75, 3.05) is 11.9 Å². The molecule has 32 heavy (non-hydrogen) atoms. The van der Waals surface area contributed by atoms with E-state index in [0.717, 1.165) is 40.8 Å². The van der Waals surface area contributed by atoms with Gasteiger partial charge in [-0.05, 0) is 42.3 Å². The Morgan fingerprint density at radius 3 is 2.44 bits per heavy atom. The molecule has 3 aromatic rings. The standard InChI is InChI=1S/C24H18F4N2O2/c1-3-13-12-29-24(13)32-20-8-7-18(26)23(22(20)28)30(2)19-11-16(31)10-17(21(19)27)14-5-4-6-15(25)9-14/h4-12,31H,3H2,1-2H3. The molecule has 4 nitrogen and oxygen atoms in total. The molecule has 3 aromatic carbocycles. The monoisotopic (exact) mass is 442 g/mol. The van der Waals surface area contributed by atoms with Crippen molar-refractivity contribution in [1.82, 2.24) is 0 Å². The molecular weight excluding hydrogens is 424 g/mol. The van der Waals surface area contributed by atoms with Crippen LogP contribution in [0.25, 0.3) is 11.1 Å². The van der Waals surface area contributed by atoms with E-state index in [0.29, 0.717) is 6.42 Å². The number of hydrogen-bond acceptors (Lipinski definition) is 4. The molecule has 0 amide bonds. The first-order valence-corrected chi connectivity index (χ1v) is 9.75. The first-order valence-electron chi connectivity index (χ1n) is 9.75. The van der Waals surface area contributed by atoms with Crippen molar-refractivity contribution in [3.63, 3.8) is 0 Å². The van der Waals surface area contributed by atoms with Crippen molar-refractivity contribution < 1.29 is 27.4 Å². The molecule has 0 radical (unpaired) electrons. The highest BCUT2D eigenvalue weighted by Gasteiger charge is 2.25. The molecule has 0 saturated carbocycles. The van der Waals surface area contributed by atoms with Crippen molar-refractivity contribution in [2.45, 2.75) is 13.3 Å². The van der Waals surface area contributed by atoms with Crippen LogP contribution in [0.5, 0.6) is 11.5 Å². The normalized spacial score (nSPS) is 12.7. The number of phenolic OH excluding ortho intramolecular Hbond substituents is 1. The Morgan fingerprint density at radius 1 is 1.00 bits per heavy atom. The lowest BCUT2D eigenvalue weighted by atomic mass is 10.0. The van der Waals surface area contributed by atoms with Gasteiger partial charge in [0.1, 0.15) is 23.1 Å². The summed E-state index contributed by atoms with van der Waals surface area (Å²) in [5.74, 6) is -3.92. The lowest BCUT2D eigenvalue weighted by Gasteiger charge is -2.24. The summed E-state index contributed by atoms with van der Waals surface area (Å²) >= 11 is 0. The van der Waals surface area contributed by atoms with E-state index in [4.69, 9.17) is 4.74 Å². The molecule has 0 aliphatic carbocycles. The molecule has 0 unspecified atom stereocenters. The summed E-state index contributed by atoms with van der Waals surface area (Å²) < 4.78 is 64.3. The number of hydrogen-bond donors (Lipinski definition) is 1. The van der Waals surface area contributed by atoms with Gasteiger partial charge in [0, 0.05) is 30.5 Å². The summed E-state index contributed by atoms with van der Waals surface area (Å²) in [5, 5.41) is 10.1. The van der Waals surface area contributed by atoms with E-state index in [2.05, 4.69) is 4.99 Å². The van der Waals surface area contributed by atoms with Gasteiger partial charge in [-0.25, -0.2) is 22.6 Å². The Bertz CT molecular complexity index is 1270. The molecule has 0 bridgehead atoms. The van der Waals surface area contributed by atoms with Gasteiger partial charge >= 0.3 is 0 Å². The first-order chi connectivity index (χ1) is 15.3. The first kappa shape index (κ1) is 21.4. The second-order valence-electron chi connectivity index (χ2n) is 7.15. The van der Waals surface area contributed by atoms with Crippen LogP contribution in [0, 0.1) is 23.3 Å². The Morgan fingerprint density at radius 2 is 1.78 bits per heavy atom. The number of aromatic hydroxyl groups is 1. The molecule has 8 heteroatoms. The lowest BCUT2D eigenvalue weighted by molar-refractivity contribution is 0.472. The van der Waals surface area contributed by atoms with Gasteiger partial charge < -0.3 is 14.7 Å². The highest BCUT2D eigenvalue weighted by atomic mass is 19.1. The molecule has 1 aliphatic rings. The van der Waals surface area contributed by atoms with Crippen LogP contribution in [-0.4, -0.2) is 18.1 Å². The summed E-state index contributed by atoms with van der Waals surface area (Å²) in [6.07, 6.45) is 2.21. The van der Waals surface area contributed by atoms with Crippen LogP contribution < -0.4 is 9.64 Å². The van der Waals surface area contributed by atoms with Crippen LogP contribution in [0.2, 0.25) is 0 Å². The topological polar surface area (TPSA) is 45.1 Å². The third-order valence-corrected chi connectivity index (χ3v) is 5.10. The number of aliphatic imine (C=N–C) groups is 1. The highest BCUT2D eigenvalue weighted by Crippen LogP contribution is 2.40. The van der Waals surface area contributed by atoms with Gasteiger partial charge in [-0.3, -0.25) is 0 Å². The van der Waals surface area contributed by atoms with Crippen molar-refractivity contribution in [1.29, 1.82) is 0 Å². The number of rotatable bonds is 5. The van der Waals surface area contributed by atoms with Crippen LogP contribution in [0.4, 0.5) is 28.9 Å². The summed E-state index contributed by atoms with van der Waals surface area (Å²) in [7, 11) is 1.25. The van der Waals surface area contributed by atoms with Crippen molar-refractivity contribution in [2.24, 2.45) is 4.99 Å². The predicted octanol–water partition coefficient (Wildman–Crippen LogP) is 6.47. The number of benzene rings is 3. The fourth-order valence-corrected chi connectivity index (χ4v) is 3.38. The van der Waals surface area contributed by atoms with Gasteiger partial charge in [0.25, 0.3) is 0 Å². The fourth-order valence-electron chi connectivity index (χ4n) is 3.38. The minimum absolute atomic E-state index is 0.124. The van der Waals surface area contributed by atoms with E-state index in [-0.39, 0.29) is 34.2 Å². The Hall–Kier alpha value is -3.81. The van der Waals surface area contributed by atoms with Crippen LogP contribution in [0.1, 0.15) is 13.3 Å². The van der Waals surface area contributed by atoms with Crippen LogP contribution in [-0.2, 0) is 0 Å². The number of halogens is 4. The molecule has 164 valence electrons. The van der Waals surface area contributed by atoms with E-state index in [1.807, 2.05) is 6.92 Å². The summed E-state index contributed by atoms with van der Waals surface area (Å²) in [6, 6.07) is 9.38. The Kier molecular flexibility index (Phi) is 5.61. The largest absolute Gasteiger partial charge is 0.508 e. The maximum Gasteiger partial charge on any atom is 0.224 e. The van der Waals surface area contributed by atoms with Gasteiger partial charge in [0.15, 0.2) is 17.4 Å². The predicted molar refractivity (Wildman–Crippen MR) is 114 cm³/mol. The number of ether oxygens (including phenoxy) is 1. The lowest BCUT2D eigenvalue weighted by Crippen LogP contribution is -2.19. The van der Waals surface area contributed by atoms with Crippen LogP contribution in [0.3, 0.4) is 0 Å². The van der Waals surface area contributed by atoms with E-state index in [1.165, 1.54) is 25.2 Å². The van der Waals surface area contributed by atoms with E-state index >= 15 is 8.78 Å². The molecule has 0 aromatic heterocycles. The average Bonchev–Trinajstić information content (AvgIpc) is 2.74.